The summed E-state index contributed by atoms with van der Waals surface area (Å²) in [5.74, 6) is 0.140. The molecule has 0 aliphatic heterocycles. The van der Waals surface area contributed by atoms with Crippen LogP contribution in [0.3, 0.4) is 0 Å². The Morgan fingerprint density at radius 3 is 2.37 bits per heavy atom. The van der Waals surface area contributed by atoms with Crippen molar-refractivity contribution in [2.45, 2.75) is 32.8 Å². The summed E-state index contributed by atoms with van der Waals surface area (Å²) in [7, 11) is 0. The van der Waals surface area contributed by atoms with Gasteiger partial charge in [-0.3, -0.25) is 4.79 Å². The van der Waals surface area contributed by atoms with Gasteiger partial charge in [0, 0.05) is 29.5 Å². The van der Waals surface area contributed by atoms with Crippen LogP contribution in [-0.2, 0) is 0 Å². The molecular weight excluding hydrogens is 306 g/mol. The summed E-state index contributed by atoms with van der Waals surface area (Å²) in [4.78, 5) is 14.1. The van der Waals surface area contributed by atoms with Gasteiger partial charge in [0.25, 0.3) is 0 Å². The van der Waals surface area contributed by atoms with E-state index in [9.17, 15) is 9.90 Å². The zero-order valence-corrected chi connectivity index (χ0v) is 13.4. The van der Waals surface area contributed by atoms with Crippen molar-refractivity contribution in [1.82, 2.24) is 4.90 Å². The predicted octanol–water partition coefficient (Wildman–Crippen LogP) is 3.11. The maximum absolute atomic E-state index is 12.0. The molecule has 4 heteroatoms. The summed E-state index contributed by atoms with van der Waals surface area (Å²) < 4.78 is 0.973. The average Bonchev–Trinajstić information content (AvgIpc) is 2.33. The fourth-order valence-electron chi connectivity index (χ4n) is 1.94. The molecule has 0 aromatic heterocycles. The van der Waals surface area contributed by atoms with Crippen LogP contribution in [-0.4, -0.2) is 41.0 Å². The molecule has 0 aliphatic rings. The summed E-state index contributed by atoms with van der Waals surface area (Å²) in [6, 6.07) is 7.42. The molecule has 1 rings (SSSR count). The summed E-state index contributed by atoms with van der Waals surface area (Å²) in [6.07, 6.45) is 0.478. The van der Waals surface area contributed by atoms with E-state index in [1.54, 1.807) is 13.8 Å². The molecule has 0 radical (unpaired) electrons. The molecule has 0 atom stereocenters. The van der Waals surface area contributed by atoms with Crippen molar-refractivity contribution < 1.29 is 9.90 Å². The lowest BCUT2D eigenvalue weighted by Gasteiger charge is -2.27. The lowest BCUT2D eigenvalue weighted by atomic mass is 10.1. The second kappa shape index (κ2) is 7.17. The van der Waals surface area contributed by atoms with Gasteiger partial charge in [-0.05, 0) is 32.5 Å². The first-order valence-corrected chi connectivity index (χ1v) is 7.34. The number of nitrogens with zero attached hydrogens (tertiary/aromatic N) is 1. The molecule has 1 aromatic carbocycles. The normalized spacial score (nSPS) is 11.9. The minimum Gasteiger partial charge on any atom is -0.389 e. The predicted molar refractivity (Wildman–Crippen MR) is 81.5 cm³/mol. The van der Waals surface area contributed by atoms with Crippen molar-refractivity contribution in [3.63, 3.8) is 0 Å². The number of ketones is 1. The molecule has 0 saturated heterocycles. The van der Waals surface area contributed by atoms with Crippen LogP contribution in [0.1, 0.15) is 37.6 Å². The van der Waals surface area contributed by atoms with Crippen molar-refractivity contribution in [2.24, 2.45) is 0 Å². The van der Waals surface area contributed by atoms with Gasteiger partial charge in [0.05, 0.1) is 5.60 Å². The molecule has 3 nitrogen and oxygen atoms in total. The molecule has 106 valence electrons. The van der Waals surface area contributed by atoms with Gasteiger partial charge in [-0.2, -0.15) is 0 Å². The van der Waals surface area contributed by atoms with Crippen molar-refractivity contribution >= 4 is 21.7 Å². The van der Waals surface area contributed by atoms with E-state index in [2.05, 4.69) is 20.8 Å². The van der Waals surface area contributed by atoms with Crippen LogP contribution in [0, 0.1) is 0 Å². The summed E-state index contributed by atoms with van der Waals surface area (Å²) in [5.41, 5.74) is 0.0129. The number of halogens is 1. The van der Waals surface area contributed by atoms with Crippen LogP contribution in [0.4, 0.5) is 0 Å². The number of hydrogen-bond donors (Lipinski definition) is 1. The first-order valence-electron chi connectivity index (χ1n) is 6.55. The third-order valence-corrected chi connectivity index (χ3v) is 3.41. The Kier molecular flexibility index (Phi) is 6.17. The highest BCUT2D eigenvalue weighted by Gasteiger charge is 2.18. The monoisotopic (exact) mass is 327 g/mol. The SMILES string of the molecule is CCN(CCC(=O)c1ccc(Br)cc1)CC(C)(C)O. The van der Waals surface area contributed by atoms with E-state index in [-0.39, 0.29) is 5.78 Å². The zero-order chi connectivity index (χ0) is 14.5. The summed E-state index contributed by atoms with van der Waals surface area (Å²) >= 11 is 3.35. The Bertz CT molecular complexity index is 409. The Morgan fingerprint density at radius 2 is 1.89 bits per heavy atom. The van der Waals surface area contributed by atoms with Crippen LogP contribution in [0.2, 0.25) is 0 Å². The lowest BCUT2D eigenvalue weighted by molar-refractivity contribution is 0.0371. The third kappa shape index (κ3) is 6.32. The maximum Gasteiger partial charge on any atom is 0.164 e. The molecule has 0 bridgehead atoms. The number of carbonyl (C=O) groups excluding carboxylic acids is 1. The highest BCUT2D eigenvalue weighted by molar-refractivity contribution is 9.10. The van der Waals surface area contributed by atoms with E-state index in [1.807, 2.05) is 31.2 Å². The molecule has 0 heterocycles. The molecule has 0 unspecified atom stereocenters. The van der Waals surface area contributed by atoms with Gasteiger partial charge in [-0.25, -0.2) is 0 Å². The van der Waals surface area contributed by atoms with E-state index in [1.165, 1.54) is 0 Å². The highest BCUT2D eigenvalue weighted by atomic mass is 79.9. The van der Waals surface area contributed by atoms with Gasteiger partial charge in [0.15, 0.2) is 5.78 Å². The van der Waals surface area contributed by atoms with Crippen molar-refractivity contribution in [3.05, 3.63) is 34.3 Å². The van der Waals surface area contributed by atoms with Crippen molar-refractivity contribution in [3.8, 4) is 0 Å². The van der Waals surface area contributed by atoms with Gasteiger partial charge in [0.2, 0.25) is 0 Å². The first-order chi connectivity index (χ1) is 8.81. The van der Waals surface area contributed by atoms with Gasteiger partial charge >= 0.3 is 0 Å². The topological polar surface area (TPSA) is 40.5 Å². The van der Waals surface area contributed by atoms with Gasteiger partial charge in [-0.1, -0.05) is 35.0 Å². The number of benzene rings is 1. The Balaban J connectivity index is 2.50. The van der Waals surface area contributed by atoms with E-state index >= 15 is 0 Å². The van der Waals surface area contributed by atoms with E-state index in [4.69, 9.17) is 0 Å². The zero-order valence-electron chi connectivity index (χ0n) is 11.8. The summed E-state index contributed by atoms with van der Waals surface area (Å²) in [5, 5.41) is 9.80. The molecule has 19 heavy (non-hydrogen) atoms. The second-order valence-corrected chi connectivity index (χ2v) is 6.28. The smallest absolute Gasteiger partial charge is 0.164 e. The van der Waals surface area contributed by atoms with Gasteiger partial charge in [-0.15, -0.1) is 0 Å². The largest absolute Gasteiger partial charge is 0.389 e. The van der Waals surface area contributed by atoms with Crippen LogP contribution < -0.4 is 0 Å². The number of carbonyl (C=O) groups is 1. The molecule has 0 spiro atoms. The standard InChI is InChI=1S/C15H22BrNO2/c1-4-17(11-15(2,3)19)10-9-14(18)12-5-7-13(16)8-6-12/h5-8,19H,4,9-11H2,1-3H3. The van der Waals surface area contributed by atoms with Crippen molar-refractivity contribution in [2.75, 3.05) is 19.6 Å². The molecule has 0 amide bonds. The second-order valence-electron chi connectivity index (χ2n) is 5.36. The van der Waals surface area contributed by atoms with E-state index in [0.29, 0.717) is 19.5 Å². The molecule has 1 aromatic rings. The minimum absolute atomic E-state index is 0.140. The highest BCUT2D eigenvalue weighted by Crippen LogP contribution is 2.12. The third-order valence-electron chi connectivity index (χ3n) is 2.88. The molecule has 0 saturated carbocycles. The summed E-state index contributed by atoms with van der Waals surface area (Å²) in [6.45, 7) is 7.69. The number of hydrogen-bond acceptors (Lipinski definition) is 3. The first kappa shape index (κ1) is 16.3. The Labute approximate surface area is 123 Å². The fourth-order valence-corrected chi connectivity index (χ4v) is 2.20. The van der Waals surface area contributed by atoms with Gasteiger partial charge < -0.3 is 10.0 Å². The molecular formula is C15H22BrNO2. The van der Waals surface area contributed by atoms with Crippen molar-refractivity contribution in [1.29, 1.82) is 0 Å². The minimum atomic E-state index is -0.726. The van der Waals surface area contributed by atoms with Crippen LogP contribution in [0.15, 0.2) is 28.7 Å². The average molecular weight is 328 g/mol. The molecule has 0 fully saturated rings. The fraction of sp³-hybridized carbons (Fsp3) is 0.533. The quantitative estimate of drug-likeness (QED) is 0.782. The molecule has 0 aliphatic carbocycles. The Morgan fingerprint density at radius 1 is 1.32 bits per heavy atom. The lowest BCUT2D eigenvalue weighted by Crippen LogP contribution is -2.39. The maximum atomic E-state index is 12.0. The van der Waals surface area contributed by atoms with Crippen LogP contribution >= 0.6 is 15.9 Å². The number of rotatable bonds is 7. The number of aliphatic hydroxyl groups is 1. The van der Waals surface area contributed by atoms with E-state index < -0.39 is 5.60 Å². The number of likely N-dealkylation sites (N-methyl/N-ethyl adjacent to an activating group) is 1. The molecule has 1 N–H and O–H groups in total. The van der Waals surface area contributed by atoms with Crippen LogP contribution in [0.5, 0.6) is 0 Å². The van der Waals surface area contributed by atoms with E-state index in [0.717, 1.165) is 16.6 Å². The Hall–Kier alpha value is -0.710. The number of Topliss-reactive ketones (excluding diaryl/α,β-unsaturated/α-hetero) is 1. The van der Waals surface area contributed by atoms with Crippen LogP contribution in [0.25, 0.3) is 0 Å². The van der Waals surface area contributed by atoms with Gasteiger partial charge in [0.1, 0.15) is 0 Å².